The van der Waals surface area contributed by atoms with Crippen molar-refractivity contribution < 1.29 is 9.32 Å². The lowest BCUT2D eigenvalue weighted by Gasteiger charge is -2.09. The van der Waals surface area contributed by atoms with Crippen LogP contribution in [0, 0.1) is 6.92 Å². The molecule has 0 radical (unpaired) electrons. The van der Waals surface area contributed by atoms with Gasteiger partial charge in [-0.1, -0.05) is 11.2 Å². The number of thiophene rings is 1. The van der Waals surface area contributed by atoms with Gasteiger partial charge in [-0.3, -0.25) is 14.5 Å². The van der Waals surface area contributed by atoms with Crippen LogP contribution >= 0.6 is 11.3 Å². The van der Waals surface area contributed by atoms with Gasteiger partial charge in [-0.15, -0.1) is 11.3 Å². The van der Waals surface area contributed by atoms with E-state index in [4.69, 9.17) is 4.52 Å². The molecule has 27 heavy (non-hydrogen) atoms. The Kier molecular flexibility index (Phi) is 4.80. The standard InChI is InChI=1S/C19H17N5O2S/c1-13-11-16(26-23-13)19(25)21-8-9-24-18(17-3-2-10-27-17)15(12-22-24)14-4-6-20-7-5-14/h2-7,10-12H,8-9H2,1H3,(H,21,25). The van der Waals surface area contributed by atoms with E-state index in [9.17, 15) is 4.79 Å². The average Bonchev–Trinajstić information content (AvgIpc) is 3.42. The average molecular weight is 379 g/mol. The van der Waals surface area contributed by atoms with E-state index in [1.807, 2.05) is 34.5 Å². The number of amides is 1. The highest BCUT2D eigenvalue weighted by Gasteiger charge is 2.16. The molecule has 7 nitrogen and oxygen atoms in total. The first-order chi connectivity index (χ1) is 13.2. The van der Waals surface area contributed by atoms with Crippen molar-refractivity contribution in [1.82, 2.24) is 25.2 Å². The summed E-state index contributed by atoms with van der Waals surface area (Å²) < 4.78 is 6.89. The lowest BCUT2D eigenvalue weighted by molar-refractivity contribution is 0.0915. The third-order valence-electron chi connectivity index (χ3n) is 4.05. The van der Waals surface area contributed by atoms with Gasteiger partial charge in [0.05, 0.1) is 29.0 Å². The van der Waals surface area contributed by atoms with Crippen molar-refractivity contribution >= 4 is 17.2 Å². The summed E-state index contributed by atoms with van der Waals surface area (Å²) in [7, 11) is 0. The van der Waals surface area contributed by atoms with Crippen LogP contribution in [0.15, 0.2) is 58.8 Å². The van der Waals surface area contributed by atoms with Crippen LogP contribution in [0.2, 0.25) is 0 Å². The zero-order valence-corrected chi connectivity index (χ0v) is 15.4. The Labute approximate surface area is 159 Å². The van der Waals surface area contributed by atoms with E-state index in [0.29, 0.717) is 18.8 Å². The first-order valence-corrected chi connectivity index (χ1v) is 9.32. The van der Waals surface area contributed by atoms with Crippen LogP contribution in [0.4, 0.5) is 0 Å². The number of aromatic nitrogens is 4. The van der Waals surface area contributed by atoms with E-state index in [0.717, 1.165) is 21.7 Å². The first kappa shape index (κ1) is 17.2. The van der Waals surface area contributed by atoms with Crippen LogP contribution < -0.4 is 5.32 Å². The maximum atomic E-state index is 12.1. The van der Waals surface area contributed by atoms with Crippen molar-refractivity contribution in [3.05, 3.63) is 65.8 Å². The molecule has 4 rings (SSSR count). The third-order valence-corrected chi connectivity index (χ3v) is 4.92. The van der Waals surface area contributed by atoms with Crippen molar-refractivity contribution in [3.8, 4) is 21.7 Å². The summed E-state index contributed by atoms with van der Waals surface area (Å²) in [5, 5.41) is 13.2. The molecule has 0 unspecified atom stereocenters. The van der Waals surface area contributed by atoms with Crippen molar-refractivity contribution in [2.75, 3.05) is 6.54 Å². The second-order valence-corrected chi connectivity index (χ2v) is 6.88. The van der Waals surface area contributed by atoms with Crippen LogP contribution in [0.3, 0.4) is 0 Å². The van der Waals surface area contributed by atoms with Gasteiger partial charge in [-0.25, -0.2) is 0 Å². The van der Waals surface area contributed by atoms with Crippen molar-refractivity contribution in [2.45, 2.75) is 13.5 Å². The molecule has 1 amide bonds. The monoisotopic (exact) mass is 379 g/mol. The van der Waals surface area contributed by atoms with Crippen molar-refractivity contribution in [1.29, 1.82) is 0 Å². The first-order valence-electron chi connectivity index (χ1n) is 8.44. The molecule has 0 aliphatic heterocycles. The van der Waals surface area contributed by atoms with Crippen LogP contribution in [0.1, 0.15) is 16.2 Å². The molecule has 0 saturated heterocycles. The van der Waals surface area contributed by atoms with Crippen LogP contribution in [-0.2, 0) is 6.54 Å². The Morgan fingerprint density at radius 2 is 2.15 bits per heavy atom. The van der Waals surface area contributed by atoms with E-state index >= 15 is 0 Å². The van der Waals surface area contributed by atoms with E-state index in [2.05, 4.69) is 26.6 Å². The summed E-state index contributed by atoms with van der Waals surface area (Å²) in [6.07, 6.45) is 5.39. The molecular formula is C19H17N5O2S. The van der Waals surface area contributed by atoms with Crippen LogP contribution in [0.5, 0.6) is 0 Å². The van der Waals surface area contributed by atoms with Crippen LogP contribution in [0.25, 0.3) is 21.7 Å². The molecule has 0 fully saturated rings. The Balaban J connectivity index is 1.54. The molecule has 1 N–H and O–H groups in total. The van der Waals surface area contributed by atoms with Gasteiger partial charge in [0.1, 0.15) is 0 Å². The number of pyridine rings is 1. The van der Waals surface area contributed by atoms with Crippen LogP contribution in [-0.4, -0.2) is 32.4 Å². The second-order valence-electron chi connectivity index (χ2n) is 5.93. The topological polar surface area (TPSA) is 85.8 Å². The van der Waals surface area contributed by atoms with Gasteiger partial charge < -0.3 is 9.84 Å². The molecule has 136 valence electrons. The third kappa shape index (κ3) is 3.65. The fraction of sp³-hybridized carbons (Fsp3) is 0.158. The number of aryl methyl sites for hydroxylation is 1. The summed E-state index contributed by atoms with van der Waals surface area (Å²) in [4.78, 5) is 17.3. The fourth-order valence-corrected chi connectivity index (χ4v) is 3.59. The van der Waals surface area contributed by atoms with Gasteiger partial charge in [0.25, 0.3) is 5.91 Å². The molecular weight excluding hydrogens is 362 g/mol. The molecule has 0 spiro atoms. The highest BCUT2D eigenvalue weighted by Crippen LogP contribution is 2.34. The normalized spacial score (nSPS) is 10.9. The Hall–Kier alpha value is -3.26. The summed E-state index contributed by atoms with van der Waals surface area (Å²) >= 11 is 1.66. The lowest BCUT2D eigenvalue weighted by Crippen LogP contribution is -2.27. The fourth-order valence-electron chi connectivity index (χ4n) is 2.80. The van der Waals surface area contributed by atoms with Gasteiger partial charge in [-0.05, 0) is 36.1 Å². The molecule has 0 aromatic carbocycles. The maximum absolute atomic E-state index is 12.1. The van der Waals surface area contributed by atoms with E-state index in [1.165, 1.54) is 0 Å². The predicted octanol–water partition coefficient (Wildman–Crippen LogP) is 3.40. The van der Waals surface area contributed by atoms with E-state index < -0.39 is 0 Å². The van der Waals surface area contributed by atoms with Gasteiger partial charge in [-0.2, -0.15) is 5.10 Å². The van der Waals surface area contributed by atoms with Gasteiger partial charge >= 0.3 is 0 Å². The molecule has 0 aliphatic carbocycles. The Morgan fingerprint density at radius 1 is 1.30 bits per heavy atom. The largest absolute Gasteiger partial charge is 0.351 e. The Bertz CT molecular complexity index is 1040. The molecule has 4 aromatic heterocycles. The van der Waals surface area contributed by atoms with Crippen molar-refractivity contribution in [2.24, 2.45) is 0 Å². The molecule has 4 heterocycles. The second kappa shape index (κ2) is 7.55. The zero-order valence-electron chi connectivity index (χ0n) is 14.6. The Morgan fingerprint density at radius 3 is 2.85 bits per heavy atom. The smallest absolute Gasteiger partial charge is 0.289 e. The number of carbonyl (C=O) groups is 1. The summed E-state index contributed by atoms with van der Waals surface area (Å²) in [5.74, 6) is -0.0706. The molecule has 0 atom stereocenters. The number of hydrogen-bond acceptors (Lipinski definition) is 6. The molecule has 8 heteroatoms. The van der Waals surface area contributed by atoms with Crippen molar-refractivity contribution in [3.63, 3.8) is 0 Å². The molecule has 0 bridgehead atoms. The predicted molar refractivity (Wildman–Crippen MR) is 102 cm³/mol. The minimum Gasteiger partial charge on any atom is -0.351 e. The zero-order chi connectivity index (χ0) is 18.6. The number of nitrogens with zero attached hydrogens (tertiary/aromatic N) is 4. The lowest BCUT2D eigenvalue weighted by atomic mass is 10.1. The van der Waals surface area contributed by atoms with Gasteiger partial charge in [0.2, 0.25) is 5.76 Å². The summed E-state index contributed by atoms with van der Waals surface area (Å²) in [6.45, 7) is 2.74. The summed E-state index contributed by atoms with van der Waals surface area (Å²) in [5.41, 5.74) is 3.80. The molecule has 0 saturated carbocycles. The number of rotatable bonds is 6. The molecule has 4 aromatic rings. The highest BCUT2D eigenvalue weighted by atomic mass is 32.1. The number of hydrogen-bond donors (Lipinski definition) is 1. The molecule has 0 aliphatic rings. The minimum atomic E-state index is -0.283. The summed E-state index contributed by atoms with van der Waals surface area (Å²) in [6, 6.07) is 9.63. The van der Waals surface area contributed by atoms with E-state index in [1.54, 1.807) is 36.7 Å². The highest BCUT2D eigenvalue weighted by molar-refractivity contribution is 7.13. The minimum absolute atomic E-state index is 0.212. The SMILES string of the molecule is Cc1cc(C(=O)NCCn2ncc(-c3ccncc3)c2-c2cccs2)on1. The van der Waals surface area contributed by atoms with E-state index in [-0.39, 0.29) is 11.7 Å². The van der Waals surface area contributed by atoms with Gasteiger partial charge in [0.15, 0.2) is 0 Å². The quantitative estimate of drug-likeness (QED) is 0.555. The number of carbonyl (C=O) groups excluding carboxylic acids is 1. The maximum Gasteiger partial charge on any atom is 0.289 e. The number of nitrogens with one attached hydrogen (secondary N) is 1. The van der Waals surface area contributed by atoms with Gasteiger partial charge in [0, 0.05) is 30.6 Å².